The van der Waals surface area contributed by atoms with E-state index in [1.165, 1.54) is 0 Å². The predicted octanol–water partition coefficient (Wildman–Crippen LogP) is 3.50. The average molecular weight is 267 g/mol. The first-order valence-corrected chi connectivity index (χ1v) is 5.50. The van der Waals surface area contributed by atoms with E-state index in [0.29, 0.717) is 10.6 Å². The highest BCUT2D eigenvalue weighted by atomic mass is 35.5. The molecular weight excluding hydrogens is 253 g/mol. The topological polar surface area (TPSA) is 38.0 Å². The van der Waals surface area contributed by atoms with Crippen LogP contribution in [0.4, 0.5) is 13.2 Å². The number of alkyl halides is 3. The molecule has 0 bridgehead atoms. The molecule has 0 aliphatic heterocycles. The zero-order chi connectivity index (χ0) is 13.1. The Bertz CT molecular complexity index is 379. The van der Waals surface area contributed by atoms with E-state index in [4.69, 9.17) is 17.4 Å². The summed E-state index contributed by atoms with van der Waals surface area (Å²) in [7, 11) is 0. The van der Waals surface area contributed by atoms with E-state index in [0.717, 1.165) is 5.56 Å². The molecule has 0 heterocycles. The molecular formula is C11H14ClF3N2. The molecule has 0 fully saturated rings. The van der Waals surface area contributed by atoms with Gasteiger partial charge in [-0.2, -0.15) is 13.2 Å². The Labute approximate surface area is 103 Å². The number of nitrogens with one attached hydrogen (secondary N) is 1. The molecule has 0 amide bonds. The molecule has 0 aliphatic carbocycles. The lowest BCUT2D eigenvalue weighted by molar-refractivity contribution is -0.136. The summed E-state index contributed by atoms with van der Waals surface area (Å²) in [5.74, 6) is 5.27. The van der Waals surface area contributed by atoms with Crippen molar-refractivity contribution in [3.63, 3.8) is 0 Å². The fraction of sp³-hybridized carbons (Fsp3) is 0.455. The van der Waals surface area contributed by atoms with Gasteiger partial charge in [-0.15, -0.1) is 0 Å². The van der Waals surface area contributed by atoms with Crippen molar-refractivity contribution in [2.24, 2.45) is 5.84 Å². The Morgan fingerprint density at radius 1 is 1.41 bits per heavy atom. The smallest absolute Gasteiger partial charge is 0.271 e. The first kappa shape index (κ1) is 14.3. The molecule has 0 aliphatic rings. The van der Waals surface area contributed by atoms with Crippen LogP contribution < -0.4 is 11.3 Å². The Hall–Kier alpha value is -0.780. The summed E-state index contributed by atoms with van der Waals surface area (Å²) < 4.78 is 36.4. The van der Waals surface area contributed by atoms with Gasteiger partial charge in [0.25, 0.3) is 0 Å². The maximum atomic E-state index is 12.1. The zero-order valence-electron chi connectivity index (χ0n) is 9.31. The van der Waals surface area contributed by atoms with Gasteiger partial charge in [0.1, 0.15) is 0 Å². The van der Waals surface area contributed by atoms with E-state index < -0.39 is 18.6 Å². The zero-order valence-corrected chi connectivity index (χ0v) is 10.1. The summed E-state index contributed by atoms with van der Waals surface area (Å²) in [5.41, 5.74) is 3.90. The fourth-order valence-electron chi connectivity index (χ4n) is 1.55. The van der Waals surface area contributed by atoms with Crippen LogP contribution in [0.25, 0.3) is 0 Å². The van der Waals surface area contributed by atoms with Crippen molar-refractivity contribution in [2.75, 3.05) is 0 Å². The van der Waals surface area contributed by atoms with E-state index >= 15 is 0 Å². The minimum Gasteiger partial charge on any atom is -0.271 e. The number of aryl methyl sites for hydroxylation is 1. The maximum absolute atomic E-state index is 12.1. The van der Waals surface area contributed by atoms with Crippen molar-refractivity contribution in [1.82, 2.24) is 5.43 Å². The van der Waals surface area contributed by atoms with Gasteiger partial charge in [-0.25, -0.2) is 0 Å². The van der Waals surface area contributed by atoms with E-state index in [-0.39, 0.29) is 6.42 Å². The number of halogens is 4. The van der Waals surface area contributed by atoms with Crippen LogP contribution in [0.15, 0.2) is 18.2 Å². The molecule has 0 radical (unpaired) electrons. The third-order valence-corrected chi connectivity index (χ3v) is 2.78. The molecule has 0 saturated carbocycles. The van der Waals surface area contributed by atoms with Crippen LogP contribution in [0.5, 0.6) is 0 Å². The molecule has 96 valence electrons. The first-order valence-electron chi connectivity index (χ1n) is 5.12. The lowest BCUT2D eigenvalue weighted by Crippen LogP contribution is -2.29. The van der Waals surface area contributed by atoms with Crippen molar-refractivity contribution in [2.45, 2.75) is 32.0 Å². The van der Waals surface area contributed by atoms with E-state index in [9.17, 15) is 13.2 Å². The second kappa shape index (κ2) is 5.71. The van der Waals surface area contributed by atoms with Gasteiger partial charge in [-0.3, -0.25) is 11.3 Å². The molecule has 2 nitrogen and oxygen atoms in total. The van der Waals surface area contributed by atoms with E-state index in [1.807, 2.05) is 6.92 Å². The third kappa shape index (κ3) is 4.53. The van der Waals surface area contributed by atoms with Crippen molar-refractivity contribution in [3.05, 3.63) is 34.3 Å². The second-order valence-electron chi connectivity index (χ2n) is 3.90. The van der Waals surface area contributed by atoms with Gasteiger partial charge in [-0.05, 0) is 30.5 Å². The molecule has 6 heteroatoms. The maximum Gasteiger partial charge on any atom is 0.389 e. The summed E-state index contributed by atoms with van der Waals surface area (Å²) >= 11 is 5.98. The first-order chi connectivity index (χ1) is 7.83. The lowest BCUT2D eigenvalue weighted by atomic mass is 10.0. The summed E-state index contributed by atoms with van der Waals surface area (Å²) in [5, 5.41) is 0.426. The molecule has 0 spiro atoms. The second-order valence-corrected chi connectivity index (χ2v) is 4.31. The predicted molar refractivity (Wildman–Crippen MR) is 61.5 cm³/mol. The van der Waals surface area contributed by atoms with Crippen molar-refractivity contribution >= 4 is 11.6 Å². The van der Waals surface area contributed by atoms with Gasteiger partial charge >= 0.3 is 6.18 Å². The van der Waals surface area contributed by atoms with Gasteiger partial charge in [0.05, 0.1) is 0 Å². The monoisotopic (exact) mass is 266 g/mol. The number of hydrazine groups is 1. The highest BCUT2D eigenvalue weighted by molar-refractivity contribution is 6.31. The summed E-state index contributed by atoms with van der Waals surface area (Å²) in [4.78, 5) is 0. The lowest BCUT2D eigenvalue weighted by Gasteiger charge is -2.18. The van der Waals surface area contributed by atoms with Crippen LogP contribution in [0.3, 0.4) is 0 Å². The van der Waals surface area contributed by atoms with Crippen molar-refractivity contribution in [3.8, 4) is 0 Å². The summed E-state index contributed by atoms with van der Waals surface area (Å²) in [6, 6.07) is 4.59. The molecule has 1 atom stereocenters. The summed E-state index contributed by atoms with van der Waals surface area (Å²) in [6.45, 7) is 1.86. The molecule has 3 N–H and O–H groups in total. The SMILES string of the molecule is Cc1ccc(C(CCC(F)(F)F)NN)c(Cl)c1. The van der Waals surface area contributed by atoms with E-state index in [1.54, 1.807) is 18.2 Å². The molecule has 1 aromatic rings. The van der Waals surface area contributed by atoms with Crippen LogP contribution >= 0.6 is 11.6 Å². The molecule has 17 heavy (non-hydrogen) atoms. The quantitative estimate of drug-likeness (QED) is 0.647. The fourth-order valence-corrected chi connectivity index (χ4v) is 1.92. The standard InChI is InChI=1S/C11H14ClF3N2/c1-7-2-3-8(9(12)6-7)10(17-16)4-5-11(13,14)15/h2-3,6,10,17H,4-5,16H2,1H3. The average Bonchev–Trinajstić information content (AvgIpc) is 2.19. The summed E-state index contributed by atoms with van der Waals surface area (Å²) in [6.07, 6.45) is -5.22. The largest absolute Gasteiger partial charge is 0.389 e. The minimum atomic E-state index is -4.19. The van der Waals surface area contributed by atoms with E-state index in [2.05, 4.69) is 5.43 Å². The molecule has 0 saturated heterocycles. The van der Waals surface area contributed by atoms with Crippen LogP contribution in [-0.2, 0) is 0 Å². The van der Waals surface area contributed by atoms with Crippen molar-refractivity contribution in [1.29, 1.82) is 0 Å². The minimum absolute atomic E-state index is 0.136. The van der Waals surface area contributed by atoms with Gasteiger partial charge < -0.3 is 0 Å². The van der Waals surface area contributed by atoms with Crippen LogP contribution in [0.1, 0.15) is 30.0 Å². The number of benzene rings is 1. The third-order valence-electron chi connectivity index (χ3n) is 2.45. The van der Waals surface area contributed by atoms with Crippen molar-refractivity contribution < 1.29 is 13.2 Å². The number of hydrogen-bond acceptors (Lipinski definition) is 2. The number of rotatable bonds is 4. The van der Waals surface area contributed by atoms with Crippen LogP contribution in [0.2, 0.25) is 5.02 Å². The highest BCUT2D eigenvalue weighted by Crippen LogP contribution is 2.30. The number of hydrogen-bond donors (Lipinski definition) is 2. The Morgan fingerprint density at radius 2 is 2.06 bits per heavy atom. The molecule has 0 aromatic heterocycles. The van der Waals surface area contributed by atoms with Crippen LogP contribution in [0, 0.1) is 6.92 Å². The van der Waals surface area contributed by atoms with Gasteiger partial charge in [0.15, 0.2) is 0 Å². The Balaban J connectivity index is 2.79. The van der Waals surface area contributed by atoms with Gasteiger partial charge in [0.2, 0.25) is 0 Å². The van der Waals surface area contributed by atoms with Gasteiger partial charge in [0, 0.05) is 17.5 Å². The Morgan fingerprint density at radius 3 is 2.53 bits per heavy atom. The van der Waals surface area contributed by atoms with Gasteiger partial charge in [-0.1, -0.05) is 23.7 Å². The number of nitrogens with two attached hydrogens (primary N) is 1. The normalized spacial score (nSPS) is 13.8. The Kier molecular flexibility index (Phi) is 4.80. The molecule has 1 unspecified atom stereocenters. The molecule has 1 rings (SSSR count). The molecule has 1 aromatic carbocycles. The highest BCUT2D eigenvalue weighted by Gasteiger charge is 2.28. The van der Waals surface area contributed by atoms with Crippen LogP contribution in [-0.4, -0.2) is 6.18 Å².